The molecule has 1 saturated heterocycles. The van der Waals surface area contributed by atoms with Gasteiger partial charge in [-0.2, -0.15) is 5.06 Å². The number of carbonyl (C=O) groups is 2. The van der Waals surface area contributed by atoms with E-state index >= 15 is 0 Å². The van der Waals surface area contributed by atoms with Crippen LogP contribution in [0.2, 0.25) is 0 Å². The van der Waals surface area contributed by atoms with Gasteiger partial charge in [-0.15, -0.1) is 0 Å². The molecule has 0 bridgehead atoms. The van der Waals surface area contributed by atoms with Gasteiger partial charge in [0.15, 0.2) is 5.76 Å². The molecule has 0 aliphatic carbocycles. The van der Waals surface area contributed by atoms with Gasteiger partial charge >= 0.3 is 6.16 Å². The molecule has 1 amide bonds. The largest absolute Gasteiger partial charge is 0.513 e. The maximum Gasteiger partial charge on any atom is 0.513 e. The quantitative estimate of drug-likeness (QED) is 0.610. The van der Waals surface area contributed by atoms with E-state index in [0.717, 1.165) is 22.3 Å². The average Bonchev–Trinajstić information content (AvgIpc) is 2.91. The Morgan fingerprint density at radius 3 is 2.22 bits per heavy atom. The first-order valence-corrected chi connectivity index (χ1v) is 11.1. The van der Waals surface area contributed by atoms with E-state index in [-0.39, 0.29) is 18.6 Å². The van der Waals surface area contributed by atoms with E-state index in [4.69, 9.17) is 19.1 Å². The molecule has 1 aromatic carbocycles. The Kier molecular flexibility index (Phi) is 7.27. The maximum atomic E-state index is 13.9. The molecule has 1 spiro atoms. The van der Waals surface area contributed by atoms with Gasteiger partial charge in [-0.05, 0) is 71.1 Å². The molecular formula is C24H34N2O6. The predicted octanol–water partition coefficient (Wildman–Crippen LogP) is 4.07. The van der Waals surface area contributed by atoms with Crippen molar-refractivity contribution < 1.29 is 28.7 Å². The molecule has 0 saturated carbocycles. The highest BCUT2D eigenvalue weighted by atomic mass is 16.7. The van der Waals surface area contributed by atoms with Crippen LogP contribution in [0.5, 0.6) is 0 Å². The Balaban J connectivity index is 2.23. The Morgan fingerprint density at radius 2 is 1.72 bits per heavy atom. The van der Waals surface area contributed by atoms with Crippen molar-refractivity contribution in [1.29, 1.82) is 0 Å². The van der Waals surface area contributed by atoms with Gasteiger partial charge in [0.2, 0.25) is 0 Å². The maximum absolute atomic E-state index is 13.9. The van der Waals surface area contributed by atoms with Gasteiger partial charge in [0.05, 0.1) is 25.4 Å². The number of aryl methyl sites for hydroxylation is 3. The molecule has 1 fully saturated rings. The molecule has 2 heterocycles. The molecule has 0 atom stereocenters. The monoisotopic (exact) mass is 446 g/mol. The molecule has 176 valence electrons. The van der Waals surface area contributed by atoms with Gasteiger partial charge in [0.25, 0.3) is 5.91 Å². The summed E-state index contributed by atoms with van der Waals surface area (Å²) in [4.78, 5) is 37.8. The zero-order chi connectivity index (χ0) is 23.6. The summed E-state index contributed by atoms with van der Waals surface area (Å²) in [5, 5.41) is 3.25. The van der Waals surface area contributed by atoms with Crippen LogP contribution in [0.15, 0.2) is 17.9 Å². The van der Waals surface area contributed by atoms with Crippen molar-refractivity contribution in [3.05, 3.63) is 40.1 Å². The fourth-order valence-electron chi connectivity index (χ4n) is 4.72. The van der Waals surface area contributed by atoms with Crippen molar-refractivity contribution in [3.63, 3.8) is 0 Å². The molecule has 0 radical (unpaired) electrons. The molecule has 1 aromatic rings. The van der Waals surface area contributed by atoms with Gasteiger partial charge in [0, 0.05) is 13.1 Å². The van der Waals surface area contributed by atoms with Crippen molar-refractivity contribution in [3.8, 4) is 0 Å². The summed E-state index contributed by atoms with van der Waals surface area (Å²) in [6.07, 6.45) is -0.0851. The topological polar surface area (TPSA) is 77.5 Å². The Bertz CT molecular complexity index is 892. The minimum absolute atomic E-state index is 0.175. The highest BCUT2D eigenvalue weighted by Crippen LogP contribution is 2.48. The van der Waals surface area contributed by atoms with E-state index in [1.807, 2.05) is 51.8 Å². The summed E-state index contributed by atoms with van der Waals surface area (Å²) in [5.41, 5.74) is 3.17. The van der Waals surface area contributed by atoms with Crippen LogP contribution in [-0.2, 0) is 23.9 Å². The van der Waals surface area contributed by atoms with Crippen molar-refractivity contribution in [2.75, 3.05) is 26.8 Å². The highest BCUT2D eigenvalue weighted by Gasteiger charge is 2.57. The number of benzene rings is 1. The molecule has 2 aliphatic heterocycles. The van der Waals surface area contributed by atoms with E-state index in [1.54, 1.807) is 14.0 Å². The van der Waals surface area contributed by atoms with E-state index in [2.05, 4.69) is 0 Å². The van der Waals surface area contributed by atoms with Crippen molar-refractivity contribution in [2.24, 2.45) is 0 Å². The van der Waals surface area contributed by atoms with Crippen LogP contribution in [0.1, 0.15) is 55.9 Å². The summed E-state index contributed by atoms with van der Waals surface area (Å²) < 4.78 is 10.9. The van der Waals surface area contributed by atoms with Crippen LogP contribution in [-0.4, -0.2) is 60.6 Å². The lowest BCUT2D eigenvalue weighted by Crippen LogP contribution is -2.55. The number of amides is 1. The molecule has 0 unspecified atom stereocenters. The smallest absolute Gasteiger partial charge is 0.434 e. The second-order valence-corrected chi connectivity index (χ2v) is 8.66. The third-order valence-corrected chi connectivity index (χ3v) is 5.94. The minimum Gasteiger partial charge on any atom is -0.434 e. The van der Waals surface area contributed by atoms with Crippen molar-refractivity contribution in [1.82, 2.24) is 10.1 Å². The molecule has 3 rings (SSSR count). The number of rotatable bonds is 6. The minimum atomic E-state index is -0.928. The first kappa shape index (κ1) is 24.2. The van der Waals surface area contributed by atoms with E-state index < -0.39 is 11.7 Å². The first-order chi connectivity index (χ1) is 15.1. The summed E-state index contributed by atoms with van der Waals surface area (Å²) in [6, 6.07) is 4.05. The van der Waals surface area contributed by atoms with Crippen molar-refractivity contribution >= 4 is 17.6 Å². The van der Waals surface area contributed by atoms with Gasteiger partial charge in [-0.3, -0.25) is 9.63 Å². The highest BCUT2D eigenvalue weighted by molar-refractivity contribution is 6.23. The third-order valence-electron chi connectivity index (χ3n) is 5.94. The number of hydrogen-bond acceptors (Lipinski definition) is 7. The fourth-order valence-corrected chi connectivity index (χ4v) is 4.72. The second-order valence-electron chi connectivity index (χ2n) is 8.66. The molecular weight excluding hydrogens is 412 g/mol. The van der Waals surface area contributed by atoms with Crippen LogP contribution in [0.25, 0.3) is 5.57 Å². The Morgan fingerprint density at radius 1 is 1.12 bits per heavy atom. The normalized spacial score (nSPS) is 18.8. The number of hydrogen-bond donors (Lipinski definition) is 0. The number of hydroxylamine groups is 4. The first-order valence-electron chi connectivity index (χ1n) is 11.1. The molecule has 8 nitrogen and oxygen atoms in total. The summed E-state index contributed by atoms with van der Waals surface area (Å²) in [6.45, 7) is 12.7. The number of nitrogens with zero attached hydrogens (tertiary/aromatic N) is 2. The van der Waals surface area contributed by atoms with Crippen LogP contribution >= 0.6 is 0 Å². The van der Waals surface area contributed by atoms with Gasteiger partial charge < -0.3 is 14.3 Å². The second kappa shape index (κ2) is 9.60. The molecule has 0 aromatic heterocycles. The van der Waals surface area contributed by atoms with E-state index in [9.17, 15) is 9.59 Å². The lowest BCUT2D eigenvalue weighted by molar-refractivity contribution is -0.246. The van der Waals surface area contributed by atoms with Gasteiger partial charge in [-0.1, -0.05) is 17.7 Å². The predicted molar refractivity (Wildman–Crippen MR) is 119 cm³/mol. The number of carbonyl (C=O) groups excluding carboxylic acids is 2. The van der Waals surface area contributed by atoms with E-state index in [1.165, 1.54) is 5.06 Å². The van der Waals surface area contributed by atoms with Gasteiger partial charge in [-0.25, -0.2) is 9.86 Å². The van der Waals surface area contributed by atoms with E-state index in [0.29, 0.717) is 37.3 Å². The Hall–Kier alpha value is -2.42. The van der Waals surface area contributed by atoms with Gasteiger partial charge in [0.1, 0.15) is 5.54 Å². The number of piperidine rings is 1. The lowest BCUT2D eigenvalue weighted by atomic mass is 9.84. The number of ether oxygens (including phenoxy) is 2. The van der Waals surface area contributed by atoms with Crippen LogP contribution in [0, 0.1) is 20.8 Å². The van der Waals surface area contributed by atoms with Crippen LogP contribution < -0.4 is 0 Å². The fraction of sp³-hybridized carbons (Fsp3) is 0.583. The third kappa shape index (κ3) is 4.40. The summed E-state index contributed by atoms with van der Waals surface area (Å²) >= 11 is 0. The standard InChI is InChI=1S/C24H34N2O6/c1-8-30-23(28)31-21-20(19-17(5)13-16(4)14-18(19)6)22(27)26(32-15(2)3)24(21)9-11-25(29-7)12-10-24/h13-15H,8-12H2,1-7H3. The Labute approximate surface area is 190 Å². The van der Waals surface area contributed by atoms with Crippen molar-refractivity contribution in [2.45, 2.75) is 66.0 Å². The molecule has 2 aliphatic rings. The molecule has 8 heteroatoms. The summed E-state index contributed by atoms with van der Waals surface area (Å²) in [5.74, 6) is -0.00803. The summed E-state index contributed by atoms with van der Waals surface area (Å²) in [7, 11) is 1.62. The zero-order valence-electron chi connectivity index (χ0n) is 20.1. The van der Waals surface area contributed by atoms with Crippen LogP contribution in [0.3, 0.4) is 0 Å². The molecule has 0 N–H and O–H groups in total. The molecule has 32 heavy (non-hydrogen) atoms. The zero-order valence-corrected chi connectivity index (χ0v) is 20.1. The SMILES string of the molecule is CCOC(=O)OC1=C(c2c(C)cc(C)cc2C)C(=O)N(OC(C)C)C12CCN(OC)CC2. The lowest BCUT2D eigenvalue weighted by Gasteiger charge is -2.43. The van der Waals surface area contributed by atoms with Crippen LogP contribution in [0.4, 0.5) is 4.79 Å². The average molecular weight is 447 g/mol.